The highest BCUT2D eigenvalue weighted by Gasteiger charge is 2.19. The zero-order chi connectivity index (χ0) is 18.1. The highest BCUT2D eigenvalue weighted by molar-refractivity contribution is 5.88. The van der Waals surface area contributed by atoms with Gasteiger partial charge in [0, 0.05) is 12.1 Å². The Morgan fingerprint density at radius 2 is 1.77 bits per heavy atom. The molecule has 26 heavy (non-hydrogen) atoms. The largest absolute Gasteiger partial charge is 0.508 e. The minimum atomic E-state index is -0.347. The summed E-state index contributed by atoms with van der Waals surface area (Å²) in [5, 5.41) is 19.8. The molecule has 1 heterocycles. The van der Waals surface area contributed by atoms with Gasteiger partial charge < -0.3 is 24.3 Å². The van der Waals surface area contributed by atoms with E-state index in [0.717, 1.165) is 6.07 Å². The van der Waals surface area contributed by atoms with E-state index >= 15 is 0 Å². The van der Waals surface area contributed by atoms with Gasteiger partial charge in [0.2, 0.25) is 5.43 Å². The first-order valence-electron chi connectivity index (χ1n) is 7.71. The first-order chi connectivity index (χ1) is 11.9. The number of methoxy groups -OCH3 is 1. The van der Waals surface area contributed by atoms with Crippen LogP contribution < -0.4 is 10.2 Å². The lowest BCUT2D eigenvalue weighted by Crippen LogP contribution is -2.16. The van der Waals surface area contributed by atoms with Crippen LogP contribution in [0.25, 0.3) is 22.1 Å². The van der Waals surface area contributed by atoms with Crippen molar-refractivity contribution >= 4 is 23.4 Å². The summed E-state index contributed by atoms with van der Waals surface area (Å²) in [7, 11) is 5.30. The van der Waals surface area contributed by atoms with Crippen molar-refractivity contribution in [1.82, 2.24) is 4.90 Å². The average molecular weight is 378 g/mol. The number of halogens is 1. The maximum atomic E-state index is 13.1. The van der Waals surface area contributed by atoms with E-state index in [-0.39, 0.29) is 40.3 Å². The second-order valence-electron chi connectivity index (χ2n) is 6.03. The molecule has 2 aromatic carbocycles. The molecule has 3 rings (SSSR count). The molecule has 0 saturated carbocycles. The average Bonchev–Trinajstić information content (AvgIpc) is 2.54. The number of benzene rings is 2. The van der Waals surface area contributed by atoms with Crippen LogP contribution in [-0.4, -0.2) is 36.3 Å². The lowest BCUT2D eigenvalue weighted by molar-refractivity contribution is 0.355. The summed E-state index contributed by atoms with van der Waals surface area (Å²) in [6.45, 7) is 0.392. The van der Waals surface area contributed by atoms with E-state index in [4.69, 9.17) is 9.15 Å². The molecule has 6 nitrogen and oxygen atoms in total. The number of hydrogen-bond donors (Lipinski definition) is 2. The Hall–Kier alpha value is -2.70. The third-order valence-electron chi connectivity index (χ3n) is 3.87. The molecular formula is C19H20ClNO5. The lowest BCUT2D eigenvalue weighted by atomic mass is 10.0. The molecule has 3 aromatic rings. The molecule has 0 atom stereocenters. The standard InChI is InChI=1S/C19H19NO5.ClH/c1-20(2)10-16-17(11-4-6-13(24-3)7-5-11)19(23)18-14(22)8-12(21)9-15(18)25-16;/h4-9,21-22H,10H2,1-3H3;1H. The molecule has 0 spiro atoms. The molecule has 1 aromatic heterocycles. The van der Waals surface area contributed by atoms with Gasteiger partial charge in [0.25, 0.3) is 0 Å². The monoisotopic (exact) mass is 377 g/mol. The van der Waals surface area contributed by atoms with Crippen LogP contribution in [0.15, 0.2) is 45.6 Å². The number of phenols is 2. The van der Waals surface area contributed by atoms with Gasteiger partial charge in [-0.1, -0.05) is 12.1 Å². The third-order valence-corrected chi connectivity index (χ3v) is 3.87. The van der Waals surface area contributed by atoms with Crippen molar-refractivity contribution in [2.75, 3.05) is 21.2 Å². The van der Waals surface area contributed by atoms with Crippen LogP contribution in [0.1, 0.15) is 5.76 Å². The Bertz CT molecular complexity index is 980. The smallest absolute Gasteiger partial charge is 0.204 e. The Labute approximate surface area is 156 Å². The van der Waals surface area contributed by atoms with Gasteiger partial charge >= 0.3 is 0 Å². The molecule has 0 saturated heterocycles. The fraction of sp³-hybridized carbons (Fsp3) is 0.211. The summed E-state index contributed by atoms with van der Waals surface area (Å²) in [5.74, 6) is 0.657. The van der Waals surface area contributed by atoms with Crippen molar-refractivity contribution in [3.05, 3.63) is 52.4 Å². The zero-order valence-electron chi connectivity index (χ0n) is 14.6. The Morgan fingerprint density at radius 3 is 2.35 bits per heavy atom. The van der Waals surface area contributed by atoms with Crippen molar-refractivity contribution < 1.29 is 19.4 Å². The predicted octanol–water partition coefficient (Wildman–Crippen LogP) is 3.36. The quantitative estimate of drug-likeness (QED) is 0.725. The summed E-state index contributed by atoms with van der Waals surface area (Å²) in [4.78, 5) is 14.9. The van der Waals surface area contributed by atoms with E-state index < -0.39 is 0 Å². The number of fused-ring (bicyclic) bond motifs is 1. The third kappa shape index (κ3) is 3.61. The number of ether oxygens (including phenoxy) is 1. The Morgan fingerprint density at radius 1 is 1.12 bits per heavy atom. The van der Waals surface area contributed by atoms with Gasteiger partial charge in [0.05, 0.1) is 19.2 Å². The van der Waals surface area contributed by atoms with Crippen LogP contribution >= 0.6 is 12.4 Å². The van der Waals surface area contributed by atoms with Crippen molar-refractivity contribution in [3.63, 3.8) is 0 Å². The van der Waals surface area contributed by atoms with Gasteiger partial charge in [0.1, 0.15) is 34.0 Å². The first-order valence-corrected chi connectivity index (χ1v) is 7.71. The maximum Gasteiger partial charge on any atom is 0.204 e. The van der Waals surface area contributed by atoms with Crippen LogP contribution in [0.2, 0.25) is 0 Å². The molecule has 0 bridgehead atoms. The first kappa shape index (κ1) is 19.6. The van der Waals surface area contributed by atoms with Crippen molar-refractivity contribution in [1.29, 1.82) is 0 Å². The molecule has 0 radical (unpaired) electrons. The van der Waals surface area contributed by atoms with Crippen molar-refractivity contribution in [3.8, 4) is 28.4 Å². The van der Waals surface area contributed by atoms with Gasteiger partial charge in [-0.15, -0.1) is 12.4 Å². The van der Waals surface area contributed by atoms with E-state index in [0.29, 0.717) is 29.2 Å². The Balaban J connectivity index is 0.00000243. The topological polar surface area (TPSA) is 83.1 Å². The summed E-state index contributed by atoms with van der Waals surface area (Å²) in [6.07, 6.45) is 0. The molecule has 0 aliphatic rings. The number of aromatic hydroxyl groups is 2. The molecule has 0 aliphatic carbocycles. The molecule has 7 heteroatoms. The van der Waals surface area contributed by atoms with Gasteiger partial charge in [-0.2, -0.15) is 0 Å². The minimum Gasteiger partial charge on any atom is -0.508 e. The second kappa shape index (κ2) is 7.68. The lowest BCUT2D eigenvalue weighted by Gasteiger charge is -2.15. The zero-order valence-corrected chi connectivity index (χ0v) is 15.5. The summed E-state index contributed by atoms with van der Waals surface area (Å²) in [6, 6.07) is 9.52. The Kier molecular flexibility index (Phi) is 5.79. The van der Waals surface area contributed by atoms with E-state index in [1.54, 1.807) is 31.4 Å². The van der Waals surface area contributed by atoms with Gasteiger partial charge in [-0.25, -0.2) is 0 Å². The predicted molar refractivity (Wildman–Crippen MR) is 102 cm³/mol. The van der Waals surface area contributed by atoms with E-state index in [9.17, 15) is 15.0 Å². The fourth-order valence-corrected chi connectivity index (χ4v) is 2.78. The van der Waals surface area contributed by atoms with Crippen LogP contribution in [0.5, 0.6) is 17.2 Å². The normalized spacial score (nSPS) is 10.8. The maximum absolute atomic E-state index is 13.1. The second-order valence-corrected chi connectivity index (χ2v) is 6.03. The minimum absolute atomic E-state index is 0. The van der Waals surface area contributed by atoms with Gasteiger partial charge in [0.15, 0.2) is 0 Å². The van der Waals surface area contributed by atoms with E-state index in [2.05, 4.69) is 0 Å². The molecular weight excluding hydrogens is 358 g/mol. The molecule has 138 valence electrons. The summed E-state index contributed by atoms with van der Waals surface area (Å²) < 4.78 is 11.0. The highest BCUT2D eigenvalue weighted by Crippen LogP contribution is 2.32. The van der Waals surface area contributed by atoms with Crippen LogP contribution in [0.3, 0.4) is 0 Å². The number of rotatable bonds is 4. The fourth-order valence-electron chi connectivity index (χ4n) is 2.78. The summed E-state index contributed by atoms with van der Waals surface area (Å²) in [5.41, 5.74) is 0.850. The highest BCUT2D eigenvalue weighted by atomic mass is 35.5. The molecule has 2 N–H and O–H groups in total. The number of nitrogens with zero attached hydrogens (tertiary/aromatic N) is 1. The van der Waals surface area contributed by atoms with Crippen LogP contribution in [-0.2, 0) is 6.54 Å². The van der Waals surface area contributed by atoms with Gasteiger partial charge in [-0.3, -0.25) is 4.79 Å². The van der Waals surface area contributed by atoms with Crippen molar-refractivity contribution in [2.24, 2.45) is 0 Å². The molecule has 0 aliphatic heterocycles. The van der Waals surface area contributed by atoms with Crippen LogP contribution in [0, 0.1) is 0 Å². The molecule has 0 amide bonds. The van der Waals surface area contributed by atoms with E-state index in [1.807, 2.05) is 19.0 Å². The van der Waals surface area contributed by atoms with Crippen molar-refractivity contribution in [2.45, 2.75) is 6.54 Å². The number of hydrogen-bond acceptors (Lipinski definition) is 6. The van der Waals surface area contributed by atoms with Gasteiger partial charge in [-0.05, 0) is 31.8 Å². The van der Waals surface area contributed by atoms with E-state index in [1.165, 1.54) is 6.07 Å². The SMILES string of the molecule is COc1ccc(-c2c(CN(C)C)oc3cc(O)cc(O)c3c2=O)cc1.Cl. The summed E-state index contributed by atoms with van der Waals surface area (Å²) >= 11 is 0. The molecule has 0 unspecified atom stereocenters. The molecule has 0 fully saturated rings. The number of phenolic OH excluding ortho intramolecular Hbond substituents is 2. The van der Waals surface area contributed by atoms with Crippen LogP contribution in [0.4, 0.5) is 0 Å².